The fraction of sp³-hybridized carbons (Fsp3) is 0.250. The highest BCUT2D eigenvalue weighted by Crippen LogP contribution is 2.21. The molecule has 1 aromatic carbocycles. The Morgan fingerprint density at radius 1 is 1.44 bits per heavy atom. The maximum absolute atomic E-state index is 13.1. The minimum absolute atomic E-state index is 0.312. The molecule has 0 aliphatic rings. The molecule has 0 radical (unpaired) electrons. The van der Waals surface area contributed by atoms with Crippen LogP contribution in [0.1, 0.15) is 22.2 Å². The van der Waals surface area contributed by atoms with Crippen molar-refractivity contribution in [3.63, 3.8) is 0 Å². The van der Waals surface area contributed by atoms with Crippen molar-refractivity contribution in [2.24, 2.45) is 0 Å². The van der Waals surface area contributed by atoms with Crippen LogP contribution in [0, 0.1) is 12.7 Å². The number of nitrogens with zero attached hydrogens (tertiary/aromatic N) is 1. The van der Waals surface area contributed by atoms with E-state index in [-0.39, 0.29) is 5.82 Å². The summed E-state index contributed by atoms with van der Waals surface area (Å²) in [4.78, 5) is 4.09. The summed E-state index contributed by atoms with van der Waals surface area (Å²) >= 11 is 1.49. The maximum atomic E-state index is 13.1. The largest absolute Gasteiger partial charge is 0.388 e. The van der Waals surface area contributed by atoms with Crippen LogP contribution in [0.25, 0.3) is 0 Å². The smallest absolute Gasteiger partial charge is 0.123 e. The van der Waals surface area contributed by atoms with Gasteiger partial charge in [-0.25, -0.2) is 9.37 Å². The average molecular weight is 237 g/mol. The van der Waals surface area contributed by atoms with Gasteiger partial charge in [0, 0.05) is 18.0 Å². The van der Waals surface area contributed by atoms with Gasteiger partial charge < -0.3 is 5.11 Å². The normalized spacial score (nSPS) is 12.7. The van der Waals surface area contributed by atoms with E-state index in [1.54, 1.807) is 12.3 Å². The monoisotopic (exact) mass is 237 g/mol. The van der Waals surface area contributed by atoms with Gasteiger partial charge in [0.15, 0.2) is 0 Å². The number of aromatic nitrogens is 1. The standard InChI is InChI=1S/C12H12FNOS/c1-8-4-9(6-10(13)5-8)11(15)7-12-14-2-3-16-12/h2-6,11,15H,7H2,1H3. The second kappa shape index (κ2) is 4.72. The van der Waals surface area contributed by atoms with Crippen molar-refractivity contribution >= 4 is 11.3 Å². The van der Waals surface area contributed by atoms with Crippen molar-refractivity contribution in [2.45, 2.75) is 19.4 Å². The maximum Gasteiger partial charge on any atom is 0.123 e. The summed E-state index contributed by atoms with van der Waals surface area (Å²) in [6.07, 6.45) is 1.44. The summed E-state index contributed by atoms with van der Waals surface area (Å²) in [6.45, 7) is 1.81. The molecule has 1 aromatic heterocycles. The molecule has 0 aliphatic heterocycles. The number of benzene rings is 1. The van der Waals surface area contributed by atoms with Gasteiger partial charge in [0.05, 0.1) is 11.1 Å². The molecule has 0 spiro atoms. The molecule has 1 atom stereocenters. The molecule has 16 heavy (non-hydrogen) atoms. The Morgan fingerprint density at radius 3 is 2.88 bits per heavy atom. The minimum Gasteiger partial charge on any atom is -0.388 e. The van der Waals surface area contributed by atoms with Gasteiger partial charge in [-0.05, 0) is 30.2 Å². The van der Waals surface area contributed by atoms with E-state index < -0.39 is 6.10 Å². The molecule has 2 aromatic rings. The predicted octanol–water partition coefficient (Wildman–Crippen LogP) is 2.87. The van der Waals surface area contributed by atoms with Crippen LogP contribution in [0.3, 0.4) is 0 Å². The van der Waals surface area contributed by atoms with E-state index in [0.29, 0.717) is 12.0 Å². The van der Waals surface area contributed by atoms with Gasteiger partial charge in [0.1, 0.15) is 5.82 Å². The summed E-state index contributed by atoms with van der Waals surface area (Å²) in [5.74, 6) is -0.312. The highest BCUT2D eigenvalue weighted by molar-refractivity contribution is 7.09. The Bertz CT molecular complexity index is 450. The van der Waals surface area contributed by atoms with Gasteiger partial charge in [-0.3, -0.25) is 0 Å². The second-order valence-electron chi connectivity index (χ2n) is 3.71. The summed E-state index contributed by atoms with van der Waals surface area (Å²) in [5.41, 5.74) is 1.42. The van der Waals surface area contributed by atoms with Crippen molar-refractivity contribution < 1.29 is 9.50 Å². The molecule has 0 bridgehead atoms. The van der Waals surface area contributed by atoms with Crippen LogP contribution in [0.2, 0.25) is 0 Å². The van der Waals surface area contributed by atoms with Crippen molar-refractivity contribution in [3.8, 4) is 0 Å². The van der Waals surface area contributed by atoms with Crippen LogP contribution in [0.5, 0.6) is 0 Å². The van der Waals surface area contributed by atoms with E-state index in [0.717, 1.165) is 10.6 Å². The first-order valence-corrected chi connectivity index (χ1v) is 5.86. The van der Waals surface area contributed by atoms with Gasteiger partial charge in [0.2, 0.25) is 0 Å². The van der Waals surface area contributed by atoms with Gasteiger partial charge in [0.25, 0.3) is 0 Å². The summed E-state index contributed by atoms with van der Waals surface area (Å²) < 4.78 is 13.1. The van der Waals surface area contributed by atoms with E-state index >= 15 is 0 Å². The summed E-state index contributed by atoms with van der Waals surface area (Å²) in [6, 6.07) is 4.60. The molecule has 84 valence electrons. The molecular formula is C12H12FNOS. The van der Waals surface area contributed by atoms with E-state index in [4.69, 9.17) is 0 Å². The van der Waals surface area contributed by atoms with Crippen molar-refractivity contribution in [1.82, 2.24) is 4.98 Å². The van der Waals surface area contributed by atoms with Gasteiger partial charge in [-0.2, -0.15) is 0 Å². The zero-order chi connectivity index (χ0) is 11.5. The molecule has 1 unspecified atom stereocenters. The van der Waals surface area contributed by atoms with Crippen LogP contribution in [-0.2, 0) is 6.42 Å². The van der Waals surface area contributed by atoms with Gasteiger partial charge >= 0.3 is 0 Å². The van der Waals surface area contributed by atoms with Crippen molar-refractivity contribution in [3.05, 3.63) is 51.7 Å². The molecule has 4 heteroatoms. The third kappa shape index (κ3) is 2.65. The second-order valence-corrected chi connectivity index (χ2v) is 4.69. The SMILES string of the molecule is Cc1cc(F)cc(C(O)Cc2nccs2)c1. The molecule has 0 saturated heterocycles. The number of rotatable bonds is 3. The topological polar surface area (TPSA) is 33.1 Å². The first-order valence-electron chi connectivity index (χ1n) is 4.98. The number of hydrogen-bond donors (Lipinski definition) is 1. The Kier molecular flexibility index (Phi) is 3.31. The third-order valence-corrected chi connectivity index (χ3v) is 3.10. The number of aryl methyl sites for hydroxylation is 1. The lowest BCUT2D eigenvalue weighted by Crippen LogP contribution is -2.02. The van der Waals surface area contributed by atoms with E-state index in [1.807, 2.05) is 12.3 Å². The number of hydrogen-bond acceptors (Lipinski definition) is 3. The highest BCUT2D eigenvalue weighted by Gasteiger charge is 2.11. The lowest BCUT2D eigenvalue weighted by atomic mass is 10.0. The lowest BCUT2D eigenvalue weighted by molar-refractivity contribution is 0.178. The van der Waals surface area contributed by atoms with Crippen LogP contribution < -0.4 is 0 Å². The number of aliphatic hydroxyl groups excluding tert-OH is 1. The number of halogens is 1. The average Bonchev–Trinajstić information content (AvgIpc) is 2.68. The Balaban J connectivity index is 2.17. The van der Waals surface area contributed by atoms with Crippen LogP contribution in [0.4, 0.5) is 4.39 Å². The fourth-order valence-corrected chi connectivity index (χ4v) is 2.25. The minimum atomic E-state index is -0.694. The molecule has 0 fully saturated rings. The predicted molar refractivity (Wildman–Crippen MR) is 61.9 cm³/mol. The molecule has 0 saturated carbocycles. The molecule has 2 rings (SSSR count). The highest BCUT2D eigenvalue weighted by atomic mass is 32.1. The molecule has 0 amide bonds. The Labute approximate surface area is 97.4 Å². The molecule has 1 N–H and O–H groups in total. The van der Waals surface area contributed by atoms with E-state index in [1.165, 1.54) is 23.5 Å². The van der Waals surface area contributed by atoms with Crippen LogP contribution in [-0.4, -0.2) is 10.1 Å². The van der Waals surface area contributed by atoms with Crippen LogP contribution >= 0.6 is 11.3 Å². The third-order valence-electron chi connectivity index (χ3n) is 2.30. The van der Waals surface area contributed by atoms with E-state index in [9.17, 15) is 9.50 Å². The first kappa shape index (κ1) is 11.2. The number of aliphatic hydroxyl groups is 1. The molecule has 0 aliphatic carbocycles. The Hall–Kier alpha value is -1.26. The molecular weight excluding hydrogens is 225 g/mol. The first-order chi connectivity index (χ1) is 7.65. The lowest BCUT2D eigenvalue weighted by Gasteiger charge is -2.10. The van der Waals surface area contributed by atoms with Gasteiger partial charge in [-0.1, -0.05) is 6.07 Å². The quantitative estimate of drug-likeness (QED) is 0.890. The summed E-state index contributed by atoms with van der Waals surface area (Å²) in [5, 5.41) is 12.7. The Morgan fingerprint density at radius 2 is 2.25 bits per heavy atom. The van der Waals surface area contributed by atoms with Gasteiger partial charge in [-0.15, -0.1) is 11.3 Å². The number of thiazole rings is 1. The zero-order valence-electron chi connectivity index (χ0n) is 8.85. The summed E-state index contributed by atoms with van der Waals surface area (Å²) in [7, 11) is 0. The molecule has 2 nitrogen and oxygen atoms in total. The zero-order valence-corrected chi connectivity index (χ0v) is 9.67. The molecule has 1 heterocycles. The van der Waals surface area contributed by atoms with Crippen molar-refractivity contribution in [2.75, 3.05) is 0 Å². The fourth-order valence-electron chi connectivity index (χ4n) is 1.59. The van der Waals surface area contributed by atoms with E-state index in [2.05, 4.69) is 4.98 Å². The van der Waals surface area contributed by atoms with Crippen molar-refractivity contribution in [1.29, 1.82) is 0 Å². The van der Waals surface area contributed by atoms with Crippen LogP contribution in [0.15, 0.2) is 29.8 Å².